The molecular formula is C17H14F3N3O4S. The number of hydrogen-bond donors (Lipinski definition) is 2. The summed E-state index contributed by atoms with van der Waals surface area (Å²) >= 11 is 0. The first-order valence-electron chi connectivity index (χ1n) is 7.91. The lowest BCUT2D eigenvalue weighted by molar-refractivity contribution is -0.198. The molecule has 3 amide bonds. The van der Waals surface area contributed by atoms with Crippen LogP contribution in [0.25, 0.3) is 0 Å². The second kappa shape index (κ2) is 6.91. The fourth-order valence-electron chi connectivity index (χ4n) is 2.66. The molecule has 1 saturated heterocycles. The predicted molar refractivity (Wildman–Crippen MR) is 91.1 cm³/mol. The minimum Gasteiger partial charge on any atom is -0.303 e. The fourth-order valence-corrected chi connectivity index (χ4v) is 3.96. The van der Waals surface area contributed by atoms with E-state index in [4.69, 9.17) is 0 Å². The Balaban J connectivity index is 1.99. The summed E-state index contributed by atoms with van der Waals surface area (Å²) in [4.78, 5) is 24.6. The van der Waals surface area contributed by atoms with Crippen molar-refractivity contribution in [2.45, 2.75) is 23.3 Å². The molecule has 0 aliphatic carbocycles. The highest BCUT2D eigenvalue weighted by Gasteiger charge is 2.69. The molecule has 148 valence electrons. The van der Waals surface area contributed by atoms with Gasteiger partial charge in [-0.05, 0) is 17.7 Å². The number of imide groups is 1. The minimum atomic E-state index is -5.42. The van der Waals surface area contributed by atoms with E-state index < -0.39 is 45.2 Å². The van der Waals surface area contributed by atoms with Gasteiger partial charge in [-0.3, -0.25) is 9.69 Å². The molecule has 0 unspecified atom stereocenters. The highest BCUT2D eigenvalue weighted by atomic mass is 32.2. The summed E-state index contributed by atoms with van der Waals surface area (Å²) < 4.78 is 67.6. The zero-order valence-electron chi connectivity index (χ0n) is 14.1. The van der Waals surface area contributed by atoms with Gasteiger partial charge < -0.3 is 5.32 Å². The van der Waals surface area contributed by atoms with E-state index in [1.807, 2.05) is 0 Å². The van der Waals surface area contributed by atoms with Crippen LogP contribution in [0.5, 0.6) is 0 Å². The highest BCUT2D eigenvalue weighted by Crippen LogP contribution is 2.35. The van der Waals surface area contributed by atoms with Gasteiger partial charge in [-0.25, -0.2) is 13.2 Å². The van der Waals surface area contributed by atoms with Crippen molar-refractivity contribution in [1.29, 1.82) is 0 Å². The number of urea groups is 1. The van der Waals surface area contributed by atoms with Gasteiger partial charge in [0.15, 0.2) is 0 Å². The lowest BCUT2D eigenvalue weighted by Crippen LogP contribution is -2.69. The molecule has 0 aromatic heterocycles. The van der Waals surface area contributed by atoms with Crippen molar-refractivity contribution in [3.63, 3.8) is 0 Å². The molecule has 7 nitrogen and oxygen atoms in total. The van der Waals surface area contributed by atoms with Crippen LogP contribution in [0.4, 0.5) is 18.0 Å². The lowest BCUT2D eigenvalue weighted by Gasteiger charge is -2.29. The van der Waals surface area contributed by atoms with Crippen LogP contribution >= 0.6 is 0 Å². The van der Waals surface area contributed by atoms with Crippen molar-refractivity contribution >= 4 is 22.0 Å². The summed E-state index contributed by atoms with van der Waals surface area (Å²) in [5, 5.41) is 1.48. The Morgan fingerprint density at radius 2 is 1.50 bits per heavy atom. The van der Waals surface area contributed by atoms with Crippen molar-refractivity contribution in [1.82, 2.24) is 14.9 Å². The first-order chi connectivity index (χ1) is 13.1. The van der Waals surface area contributed by atoms with Gasteiger partial charge in [-0.1, -0.05) is 48.5 Å². The third-order valence-corrected chi connectivity index (χ3v) is 5.52. The van der Waals surface area contributed by atoms with Crippen LogP contribution in [-0.2, 0) is 21.4 Å². The van der Waals surface area contributed by atoms with E-state index in [2.05, 4.69) is 0 Å². The second-order valence-corrected chi connectivity index (χ2v) is 7.66. The number of amides is 3. The zero-order valence-corrected chi connectivity index (χ0v) is 14.9. The molecule has 1 aliphatic rings. The number of hydrogen-bond acceptors (Lipinski definition) is 4. The third-order valence-electron chi connectivity index (χ3n) is 4.06. The Morgan fingerprint density at radius 1 is 0.964 bits per heavy atom. The quantitative estimate of drug-likeness (QED) is 0.733. The number of sulfonamides is 1. The fraction of sp³-hybridized carbons (Fsp3) is 0.176. The molecule has 3 rings (SSSR count). The topological polar surface area (TPSA) is 95.6 Å². The van der Waals surface area contributed by atoms with Gasteiger partial charge in [0.25, 0.3) is 11.6 Å². The minimum absolute atomic E-state index is 0.316. The summed E-state index contributed by atoms with van der Waals surface area (Å²) in [6.07, 6.45) is -5.42. The Morgan fingerprint density at radius 3 is 2.04 bits per heavy atom. The summed E-state index contributed by atoms with van der Waals surface area (Å²) in [5.74, 6) is -1.76. The first-order valence-corrected chi connectivity index (χ1v) is 9.39. The lowest BCUT2D eigenvalue weighted by atomic mass is 10.1. The van der Waals surface area contributed by atoms with Crippen LogP contribution < -0.4 is 10.0 Å². The summed E-state index contributed by atoms with van der Waals surface area (Å²) in [7, 11) is -4.77. The number of rotatable bonds is 5. The van der Waals surface area contributed by atoms with Crippen LogP contribution in [0.1, 0.15) is 5.56 Å². The van der Waals surface area contributed by atoms with Crippen LogP contribution in [0, 0.1) is 0 Å². The molecule has 1 atom stereocenters. The van der Waals surface area contributed by atoms with Gasteiger partial charge in [0.05, 0.1) is 11.4 Å². The maximum absolute atomic E-state index is 13.8. The van der Waals surface area contributed by atoms with E-state index >= 15 is 0 Å². The average Bonchev–Trinajstić information content (AvgIpc) is 2.88. The number of nitrogens with one attached hydrogen (secondary N) is 2. The molecule has 0 spiro atoms. The molecule has 0 saturated carbocycles. The monoisotopic (exact) mass is 413 g/mol. The van der Waals surface area contributed by atoms with E-state index in [0.29, 0.717) is 10.5 Å². The third kappa shape index (κ3) is 3.45. The molecular weight excluding hydrogens is 399 g/mol. The molecule has 1 heterocycles. The number of carbonyl (C=O) groups excluding carboxylic acids is 2. The molecule has 2 N–H and O–H groups in total. The van der Waals surface area contributed by atoms with Crippen molar-refractivity contribution in [3.8, 4) is 0 Å². The molecule has 1 fully saturated rings. The number of carbonyl (C=O) groups is 2. The summed E-state index contributed by atoms with van der Waals surface area (Å²) in [6, 6.07) is 12.7. The normalized spacial score (nSPS) is 20.3. The van der Waals surface area contributed by atoms with Gasteiger partial charge in [-0.15, -0.1) is 0 Å². The maximum atomic E-state index is 13.8. The van der Waals surface area contributed by atoms with E-state index in [1.54, 1.807) is 18.2 Å². The Bertz CT molecular complexity index is 997. The summed E-state index contributed by atoms with van der Waals surface area (Å²) in [6.45, 7) is -0.448. The van der Waals surface area contributed by atoms with Gasteiger partial charge >= 0.3 is 12.2 Å². The molecule has 1 aliphatic heterocycles. The highest BCUT2D eigenvalue weighted by molar-refractivity contribution is 7.89. The number of nitrogens with zero attached hydrogens (tertiary/aromatic N) is 1. The Hall–Kier alpha value is -2.92. The van der Waals surface area contributed by atoms with E-state index in [9.17, 15) is 31.2 Å². The van der Waals surface area contributed by atoms with Crippen LogP contribution in [-0.4, -0.2) is 37.1 Å². The smallest absolute Gasteiger partial charge is 0.303 e. The number of halogens is 3. The van der Waals surface area contributed by atoms with Crippen LogP contribution in [0.3, 0.4) is 0 Å². The van der Waals surface area contributed by atoms with Crippen molar-refractivity contribution in [2.24, 2.45) is 0 Å². The van der Waals surface area contributed by atoms with E-state index in [0.717, 1.165) is 12.1 Å². The average molecular weight is 413 g/mol. The molecule has 11 heteroatoms. The van der Waals surface area contributed by atoms with Crippen molar-refractivity contribution in [2.75, 3.05) is 0 Å². The Labute approximate surface area is 158 Å². The second-order valence-electron chi connectivity index (χ2n) is 5.97. The van der Waals surface area contributed by atoms with Gasteiger partial charge in [0, 0.05) is 0 Å². The molecule has 0 bridgehead atoms. The molecule has 2 aromatic rings. The van der Waals surface area contributed by atoms with Crippen LogP contribution in [0.15, 0.2) is 65.6 Å². The molecule has 0 radical (unpaired) electrons. The van der Waals surface area contributed by atoms with Crippen molar-refractivity contribution in [3.05, 3.63) is 66.2 Å². The van der Waals surface area contributed by atoms with Gasteiger partial charge in [0.2, 0.25) is 10.0 Å². The van der Waals surface area contributed by atoms with Crippen LogP contribution in [0.2, 0.25) is 0 Å². The number of benzene rings is 2. The van der Waals surface area contributed by atoms with Crippen molar-refractivity contribution < 1.29 is 31.2 Å². The zero-order chi connectivity index (χ0) is 20.6. The standard InChI is InChI=1S/C17H14F3N3O4S/c18-17(19,20)16(22-28(26,27)13-9-5-2-6-10-13)14(24)23(15(25)21-16)11-12-7-3-1-4-8-12/h1-10,22H,11H2,(H,21,25)/t16-/m1/s1. The first kappa shape index (κ1) is 19.8. The van der Waals surface area contributed by atoms with E-state index in [-0.39, 0.29) is 0 Å². The number of alkyl halides is 3. The Kier molecular flexibility index (Phi) is 4.90. The van der Waals surface area contributed by atoms with E-state index in [1.165, 1.54) is 40.4 Å². The SMILES string of the molecule is O=C1N[C@](NS(=O)(=O)c2ccccc2)(C(F)(F)F)C(=O)N1Cc1ccccc1. The van der Waals surface area contributed by atoms with Gasteiger partial charge in [-0.2, -0.15) is 17.9 Å². The van der Waals surface area contributed by atoms with Gasteiger partial charge in [0.1, 0.15) is 0 Å². The molecule has 28 heavy (non-hydrogen) atoms. The summed E-state index contributed by atoms with van der Waals surface area (Å²) in [5.41, 5.74) is -3.40. The largest absolute Gasteiger partial charge is 0.435 e. The predicted octanol–water partition coefficient (Wildman–Crippen LogP) is 1.98. The maximum Gasteiger partial charge on any atom is 0.435 e. The molecule has 2 aromatic carbocycles.